The molecule has 0 heterocycles. The number of nitrogens with one attached hydrogen (secondary N) is 2. The Bertz CT molecular complexity index is 544. The monoisotopic (exact) mass is 406 g/mol. The van der Waals surface area contributed by atoms with E-state index in [0.29, 0.717) is 19.3 Å². The molecule has 6 nitrogen and oxygen atoms in total. The Labute approximate surface area is 178 Å². The van der Waals surface area contributed by atoms with Gasteiger partial charge in [0.05, 0.1) is 13.7 Å². The second kappa shape index (κ2) is 16.1. The predicted octanol–water partition coefficient (Wildman–Crippen LogP) is 3.67. The topological polar surface area (TPSA) is 58.1 Å². The average molecular weight is 407 g/mol. The molecule has 0 radical (unpaired) electrons. The zero-order chi connectivity index (χ0) is 21.3. The van der Waals surface area contributed by atoms with Gasteiger partial charge in [-0.2, -0.15) is 0 Å². The summed E-state index contributed by atoms with van der Waals surface area (Å²) in [5.74, 6) is 1.77. The van der Waals surface area contributed by atoms with Gasteiger partial charge in [-0.3, -0.25) is 4.99 Å². The van der Waals surface area contributed by atoms with Crippen molar-refractivity contribution in [2.75, 3.05) is 46.4 Å². The zero-order valence-corrected chi connectivity index (χ0v) is 19.2. The van der Waals surface area contributed by atoms with Crippen molar-refractivity contribution >= 4 is 5.96 Å². The SMILES string of the molecule is CCNC(=NCCCOCc1ccc(OC)cc1)NC(C)CCCN(CC)CC. The number of methoxy groups -OCH3 is 1. The molecule has 0 aliphatic rings. The van der Waals surface area contributed by atoms with Crippen molar-refractivity contribution in [1.29, 1.82) is 0 Å². The van der Waals surface area contributed by atoms with Gasteiger partial charge in [0.2, 0.25) is 0 Å². The molecule has 0 aromatic heterocycles. The van der Waals surface area contributed by atoms with Crippen molar-refractivity contribution in [3.05, 3.63) is 29.8 Å². The third kappa shape index (κ3) is 11.7. The second-order valence-electron chi connectivity index (χ2n) is 7.23. The lowest BCUT2D eigenvalue weighted by Crippen LogP contribution is -2.42. The fraction of sp³-hybridized carbons (Fsp3) is 0.696. The standard InChI is InChI=1S/C23H42N4O2/c1-6-24-23(26-20(4)11-9-17-27(7-2)8-3)25-16-10-18-29-19-21-12-14-22(28-5)15-13-21/h12-15,20H,6-11,16-19H2,1-5H3,(H2,24,25,26). The molecule has 1 rings (SSSR count). The van der Waals surface area contributed by atoms with Gasteiger partial charge in [-0.25, -0.2) is 0 Å². The highest BCUT2D eigenvalue weighted by molar-refractivity contribution is 5.80. The molecule has 1 atom stereocenters. The molecule has 6 heteroatoms. The number of hydrogen-bond donors (Lipinski definition) is 2. The van der Waals surface area contributed by atoms with E-state index in [1.54, 1.807) is 7.11 Å². The average Bonchev–Trinajstić information content (AvgIpc) is 2.74. The summed E-state index contributed by atoms with van der Waals surface area (Å²) in [6.07, 6.45) is 3.25. The summed E-state index contributed by atoms with van der Waals surface area (Å²) in [6.45, 7) is 15.1. The van der Waals surface area contributed by atoms with Crippen molar-refractivity contribution in [2.45, 2.75) is 59.6 Å². The molecule has 29 heavy (non-hydrogen) atoms. The molecule has 1 aromatic carbocycles. The molecule has 1 aromatic rings. The normalized spacial score (nSPS) is 12.8. The van der Waals surface area contributed by atoms with Crippen LogP contribution in [0.25, 0.3) is 0 Å². The van der Waals surface area contributed by atoms with Crippen molar-refractivity contribution < 1.29 is 9.47 Å². The zero-order valence-electron chi connectivity index (χ0n) is 19.2. The van der Waals surface area contributed by atoms with Crippen LogP contribution in [0.5, 0.6) is 5.75 Å². The summed E-state index contributed by atoms with van der Waals surface area (Å²) < 4.78 is 10.9. The summed E-state index contributed by atoms with van der Waals surface area (Å²) in [5, 5.41) is 6.86. The Kier molecular flexibility index (Phi) is 14.0. The molecular formula is C23H42N4O2. The van der Waals surface area contributed by atoms with Crippen LogP contribution in [0.1, 0.15) is 52.5 Å². The number of aliphatic imine (C=N–C) groups is 1. The van der Waals surface area contributed by atoms with Crippen LogP contribution in [0.15, 0.2) is 29.3 Å². The first-order chi connectivity index (χ1) is 14.1. The summed E-state index contributed by atoms with van der Waals surface area (Å²) in [4.78, 5) is 7.15. The van der Waals surface area contributed by atoms with Crippen molar-refractivity contribution in [3.63, 3.8) is 0 Å². The van der Waals surface area contributed by atoms with Crippen LogP contribution in [0.2, 0.25) is 0 Å². The van der Waals surface area contributed by atoms with E-state index < -0.39 is 0 Å². The highest BCUT2D eigenvalue weighted by Crippen LogP contribution is 2.11. The Morgan fingerprint density at radius 3 is 2.45 bits per heavy atom. The Hall–Kier alpha value is -1.79. The van der Waals surface area contributed by atoms with E-state index in [0.717, 1.165) is 62.8 Å². The fourth-order valence-corrected chi connectivity index (χ4v) is 3.06. The lowest BCUT2D eigenvalue weighted by molar-refractivity contribution is 0.120. The molecule has 0 bridgehead atoms. The maximum Gasteiger partial charge on any atom is 0.191 e. The first-order valence-electron chi connectivity index (χ1n) is 11.1. The minimum atomic E-state index is 0.412. The van der Waals surface area contributed by atoms with Crippen LogP contribution in [0, 0.1) is 0 Å². The minimum absolute atomic E-state index is 0.412. The van der Waals surface area contributed by atoms with Gasteiger partial charge in [0.25, 0.3) is 0 Å². The molecule has 0 fully saturated rings. The van der Waals surface area contributed by atoms with E-state index in [2.05, 4.69) is 48.2 Å². The lowest BCUT2D eigenvalue weighted by Gasteiger charge is -2.21. The Morgan fingerprint density at radius 2 is 1.83 bits per heavy atom. The van der Waals surface area contributed by atoms with E-state index >= 15 is 0 Å². The van der Waals surface area contributed by atoms with E-state index in [9.17, 15) is 0 Å². The third-order valence-corrected chi connectivity index (χ3v) is 4.88. The van der Waals surface area contributed by atoms with Gasteiger partial charge in [0.15, 0.2) is 5.96 Å². The number of benzene rings is 1. The summed E-state index contributed by atoms with van der Waals surface area (Å²) in [6, 6.07) is 8.40. The fourth-order valence-electron chi connectivity index (χ4n) is 3.06. The first kappa shape index (κ1) is 25.2. The van der Waals surface area contributed by atoms with Gasteiger partial charge in [-0.05, 0) is 70.4 Å². The highest BCUT2D eigenvalue weighted by atomic mass is 16.5. The predicted molar refractivity (Wildman–Crippen MR) is 123 cm³/mol. The van der Waals surface area contributed by atoms with Crippen molar-refractivity contribution in [2.24, 2.45) is 4.99 Å². The van der Waals surface area contributed by atoms with E-state index in [-0.39, 0.29) is 0 Å². The van der Waals surface area contributed by atoms with Crippen LogP contribution in [-0.4, -0.2) is 63.3 Å². The van der Waals surface area contributed by atoms with Crippen LogP contribution >= 0.6 is 0 Å². The first-order valence-corrected chi connectivity index (χ1v) is 11.1. The second-order valence-corrected chi connectivity index (χ2v) is 7.23. The maximum atomic E-state index is 5.76. The molecule has 166 valence electrons. The van der Waals surface area contributed by atoms with E-state index in [1.165, 1.54) is 6.42 Å². The summed E-state index contributed by atoms with van der Waals surface area (Å²) >= 11 is 0. The smallest absolute Gasteiger partial charge is 0.191 e. The number of guanidine groups is 1. The number of nitrogens with zero attached hydrogens (tertiary/aromatic N) is 2. The van der Waals surface area contributed by atoms with Gasteiger partial charge in [-0.1, -0.05) is 26.0 Å². The van der Waals surface area contributed by atoms with Gasteiger partial charge >= 0.3 is 0 Å². The van der Waals surface area contributed by atoms with Crippen LogP contribution < -0.4 is 15.4 Å². The van der Waals surface area contributed by atoms with Crippen molar-refractivity contribution in [3.8, 4) is 5.75 Å². The van der Waals surface area contributed by atoms with Gasteiger partial charge < -0.3 is 25.0 Å². The van der Waals surface area contributed by atoms with Crippen molar-refractivity contribution in [1.82, 2.24) is 15.5 Å². The molecule has 0 aliphatic carbocycles. The van der Waals surface area contributed by atoms with E-state index in [4.69, 9.17) is 9.47 Å². The molecule has 0 aliphatic heterocycles. The Balaban J connectivity index is 2.24. The van der Waals surface area contributed by atoms with E-state index in [1.807, 2.05) is 24.3 Å². The van der Waals surface area contributed by atoms with Crippen LogP contribution in [0.3, 0.4) is 0 Å². The number of rotatable bonds is 15. The molecule has 0 saturated carbocycles. The molecule has 0 spiro atoms. The van der Waals surface area contributed by atoms with Gasteiger partial charge in [0, 0.05) is 25.7 Å². The Morgan fingerprint density at radius 1 is 1.10 bits per heavy atom. The largest absolute Gasteiger partial charge is 0.497 e. The summed E-state index contributed by atoms with van der Waals surface area (Å²) in [5.41, 5.74) is 1.16. The quantitative estimate of drug-likeness (QED) is 0.264. The maximum absolute atomic E-state index is 5.76. The highest BCUT2D eigenvalue weighted by Gasteiger charge is 2.06. The summed E-state index contributed by atoms with van der Waals surface area (Å²) in [7, 11) is 1.68. The number of hydrogen-bond acceptors (Lipinski definition) is 4. The molecule has 0 amide bonds. The minimum Gasteiger partial charge on any atom is -0.497 e. The number of ether oxygens (including phenoxy) is 2. The third-order valence-electron chi connectivity index (χ3n) is 4.88. The van der Waals surface area contributed by atoms with Gasteiger partial charge in [-0.15, -0.1) is 0 Å². The molecule has 2 N–H and O–H groups in total. The molecule has 0 saturated heterocycles. The van der Waals surface area contributed by atoms with Gasteiger partial charge in [0.1, 0.15) is 5.75 Å². The lowest BCUT2D eigenvalue weighted by atomic mass is 10.2. The van der Waals surface area contributed by atoms with Crippen LogP contribution in [0.4, 0.5) is 0 Å². The van der Waals surface area contributed by atoms with Crippen LogP contribution in [-0.2, 0) is 11.3 Å². The molecular weight excluding hydrogens is 364 g/mol. The molecule has 1 unspecified atom stereocenters.